The fourth-order valence-electron chi connectivity index (χ4n) is 2.49. The van der Waals surface area contributed by atoms with Crippen molar-refractivity contribution in [1.29, 1.82) is 0 Å². The lowest BCUT2D eigenvalue weighted by Gasteiger charge is -2.12. The SMILES string of the molecule is Cc1ccc(NC(=O)CN2C(=O)SC(=Cc3ccc(C(=O)O)cc3)C2=O)cc1. The Morgan fingerprint density at radius 3 is 2.32 bits per heavy atom. The third kappa shape index (κ3) is 4.47. The molecule has 0 aliphatic carbocycles. The Kier molecular flexibility index (Phi) is 5.60. The maximum Gasteiger partial charge on any atom is 0.335 e. The van der Waals surface area contributed by atoms with E-state index in [4.69, 9.17) is 5.11 Å². The zero-order valence-corrected chi connectivity index (χ0v) is 15.7. The van der Waals surface area contributed by atoms with Gasteiger partial charge in [-0.3, -0.25) is 19.3 Å². The van der Waals surface area contributed by atoms with E-state index in [1.165, 1.54) is 18.2 Å². The molecule has 0 saturated carbocycles. The van der Waals surface area contributed by atoms with Gasteiger partial charge in [0.2, 0.25) is 5.91 Å². The van der Waals surface area contributed by atoms with Crippen molar-refractivity contribution in [3.05, 3.63) is 70.1 Å². The van der Waals surface area contributed by atoms with Crippen LogP contribution in [0.25, 0.3) is 6.08 Å². The average Bonchev–Trinajstić information content (AvgIpc) is 2.91. The van der Waals surface area contributed by atoms with Crippen LogP contribution in [0.3, 0.4) is 0 Å². The number of carbonyl (C=O) groups is 4. The molecule has 3 rings (SSSR count). The van der Waals surface area contributed by atoms with Crippen LogP contribution < -0.4 is 5.32 Å². The lowest BCUT2D eigenvalue weighted by molar-refractivity contribution is -0.127. The summed E-state index contributed by atoms with van der Waals surface area (Å²) in [7, 11) is 0. The molecule has 1 aliphatic heterocycles. The summed E-state index contributed by atoms with van der Waals surface area (Å²) >= 11 is 0.740. The van der Waals surface area contributed by atoms with Crippen molar-refractivity contribution in [3.63, 3.8) is 0 Å². The molecular weight excluding hydrogens is 380 g/mol. The topological polar surface area (TPSA) is 104 Å². The van der Waals surface area contributed by atoms with Crippen molar-refractivity contribution in [2.75, 3.05) is 11.9 Å². The van der Waals surface area contributed by atoms with Crippen LogP contribution in [0.15, 0.2) is 53.4 Å². The monoisotopic (exact) mass is 396 g/mol. The lowest BCUT2D eigenvalue weighted by atomic mass is 10.1. The van der Waals surface area contributed by atoms with Crippen LogP contribution in [0.4, 0.5) is 10.5 Å². The van der Waals surface area contributed by atoms with Gasteiger partial charge in [0, 0.05) is 5.69 Å². The number of carboxylic acids is 1. The molecule has 0 aromatic heterocycles. The van der Waals surface area contributed by atoms with Gasteiger partial charge in [0.15, 0.2) is 0 Å². The Morgan fingerprint density at radius 2 is 1.71 bits per heavy atom. The lowest BCUT2D eigenvalue weighted by Crippen LogP contribution is -2.36. The van der Waals surface area contributed by atoms with Gasteiger partial charge in [-0.05, 0) is 54.6 Å². The molecule has 1 aliphatic rings. The fourth-order valence-corrected chi connectivity index (χ4v) is 3.33. The second kappa shape index (κ2) is 8.10. The largest absolute Gasteiger partial charge is 0.478 e. The molecule has 1 saturated heterocycles. The van der Waals surface area contributed by atoms with Gasteiger partial charge >= 0.3 is 5.97 Å². The summed E-state index contributed by atoms with van der Waals surface area (Å²) in [6, 6.07) is 13.1. The Morgan fingerprint density at radius 1 is 1.07 bits per heavy atom. The minimum Gasteiger partial charge on any atom is -0.478 e. The van der Waals surface area contributed by atoms with Crippen LogP contribution in [0, 0.1) is 6.92 Å². The maximum absolute atomic E-state index is 12.5. The highest BCUT2D eigenvalue weighted by Crippen LogP contribution is 2.32. The van der Waals surface area contributed by atoms with Crippen LogP contribution >= 0.6 is 11.8 Å². The second-order valence-electron chi connectivity index (χ2n) is 6.11. The van der Waals surface area contributed by atoms with Gasteiger partial charge in [0.1, 0.15) is 6.54 Å². The van der Waals surface area contributed by atoms with Crippen LogP contribution in [-0.4, -0.2) is 39.6 Å². The number of benzene rings is 2. The summed E-state index contributed by atoms with van der Waals surface area (Å²) in [5.74, 6) is -2.08. The van der Waals surface area contributed by atoms with E-state index in [9.17, 15) is 19.2 Å². The van der Waals surface area contributed by atoms with E-state index in [1.54, 1.807) is 24.3 Å². The Hall–Kier alpha value is -3.39. The first-order valence-corrected chi connectivity index (χ1v) is 9.10. The van der Waals surface area contributed by atoms with E-state index in [-0.39, 0.29) is 17.0 Å². The highest BCUT2D eigenvalue weighted by atomic mass is 32.2. The van der Waals surface area contributed by atoms with Crippen LogP contribution in [0.5, 0.6) is 0 Å². The Balaban J connectivity index is 1.68. The van der Waals surface area contributed by atoms with Crippen molar-refractivity contribution in [2.24, 2.45) is 0 Å². The third-order valence-corrected chi connectivity index (χ3v) is 4.87. The van der Waals surface area contributed by atoms with Crippen LogP contribution in [-0.2, 0) is 9.59 Å². The third-order valence-electron chi connectivity index (χ3n) is 3.97. The summed E-state index contributed by atoms with van der Waals surface area (Å²) in [6.45, 7) is 1.54. The minimum atomic E-state index is -1.05. The molecule has 0 spiro atoms. The molecule has 2 N–H and O–H groups in total. The van der Waals surface area contributed by atoms with Gasteiger partial charge in [-0.15, -0.1) is 0 Å². The first kappa shape index (κ1) is 19.4. The number of amides is 3. The van der Waals surface area contributed by atoms with Crippen LogP contribution in [0.1, 0.15) is 21.5 Å². The van der Waals surface area contributed by atoms with Gasteiger partial charge in [-0.2, -0.15) is 0 Å². The van der Waals surface area contributed by atoms with Gasteiger partial charge in [-0.25, -0.2) is 4.79 Å². The molecule has 3 amide bonds. The molecule has 0 unspecified atom stereocenters. The number of carbonyl (C=O) groups excluding carboxylic acids is 3. The number of hydrogen-bond donors (Lipinski definition) is 2. The number of imide groups is 1. The number of rotatable bonds is 5. The zero-order valence-electron chi connectivity index (χ0n) is 14.8. The standard InChI is InChI=1S/C20H16N2O5S/c1-12-2-8-15(9-3-12)21-17(23)11-22-18(24)16(28-20(22)27)10-13-4-6-14(7-5-13)19(25)26/h2-10H,11H2,1H3,(H,21,23)(H,25,26). The Labute approximate surface area is 165 Å². The molecule has 2 aromatic carbocycles. The van der Waals surface area contributed by atoms with Crippen molar-refractivity contribution in [2.45, 2.75) is 6.92 Å². The molecule has 8 heteroatoms. The maximum atomic E-state index is 12.5. The molecule has 1 fully saturated rings. The number of aromatic carboxylic acids is 1. The number of nitrogens with one attached hydrogen (secondary N) is 1. The predicted octanol–water partition coefficient (Wildman–Crippen LogP) is 3.37. The van der Waals surface area contributed by atoms with Gasteiger partial charge in [-0.1, -0.05) is 29.8 Å². The summed E-state index contributed by atoms with van der Waals surface area (Å²) in [5, 5.41) is 11.0. The van der Waals surface area contributed by atoms with Gasteiger partial charge in [0.05, 0.1) is 10.5 Å². The average molecular weight is 396 g/mol. The van der Waals surface area contributed by atoms with Gasteiger partial charge < -0.3 is 10.4 Å². The van der Waals surface area contributed by atoms with E-state index < -0.39 is 23.0 Å². The smallest absolute Gasteiger partial charge is 0.335 e. The molecule has 0 atom stereocenters. The molecule has 142 valence electrons. The van der Waals surface area contributed by atoms with E-state index in [2.05, 4.69) is 5.32 Å². The number of thioether (sulfide) groups is 1. The van der Waals surface area contributed by atoms with E-state index in [1.807, 2.05) is 19.1 Å². The molecule has 1 heterocycles. The summed E-state index contributed by atoms with van der Waals surface area (Å²) < 4.78 is 0. The highest BCUT2D eigenvalue weighted by molar-refractivity contribution is 8.18. The fraction of sp³-hybridized carbons (Fsp3) is 0.100. The van der Waals surface area contributed by atoms with E-state index in [0.717, 1.165) is 22.2 Å². The molecule has 2 aromatic rings. The number of hydrogen-bond acceptors (Lipinski definition) is 5. The number of carboxylic acid groups (broad SMARTS) is 1. The van der Waals surface area contributed by atoms with Crippen molar-refractivity contribution in [1.82, 2.24) is 4.90 Å². The Bertz CT molecular complexity index is 981. The highest BCUT2D eigenvalue weighted by Gasteiger charge is 2.36. The number of nitrogens with zero attached hydrogens (tertiary/aromatic N) is 1. The normalized spacial score (nSPS) is 15.2. The summed E-state index contributed by atoms with van der Waals surface area (Å²) in [5.41, 5.74) is 2.33. The molecule has 7 nitrogen and oxygen atoms in total. The van der Waals surface area contributed by atoms with E-state index in [0.29, 0.717) is 11.3 Å². The first-order chi connectivity index (χ1) is 13.3. The molecule has 28 heavy (non-hydrogen) atoms. The minimum absolute atomic E-state index is 0.123. The van der Waals surface area contributed by atoms with Crippen molar-refractivity contribution in [3.8, 4) is 0 Å². The summed E-state index contributed by atoms with van der Waals surface area (Å²) in [4.78, 5) is 48.7. The quantitative estimate of drug-likeness (QED) is 0.751. The molecule has 0 radical (unpaired) electrons. The van der Waals surface area contributed by atoms with Crippen LogP contribution in [0.2, 0.25) is 0 Å². The van der Waals surface area contributed by atoms with E-state index >= 15 is 0 Å². The van der Waals surface area contributed by atoms with Gasteiger partial charge in [0.25, 0.3) is 11.1 Å². The molecular formula is C20H16N2O5S. The van der Waals surface area contributed by atoms with Crippen molar-refractivity contribution >= 4 is 46.5 Å². The first-order valence-electron chi connectivity index (χ1n) is 8.29. The number of anilines is 1. The molecule has 0 bridgehead atoms. The zero-order chi connectivity index (χ0) is 20.3. The second-order valence-corrected chi connectivity index (χ2v) is 7.10. The van der Waals surface area contributed by atoms with Crippen molar-refractivity contribution < 1.29 is 24.3 Å². The summed E-state index contributed by atoms with van der Waals surface area (Å²) in [6.07, 6.45) is 1.49. The predicted molar refractivity (Wildman–Crippen MR) is 106 cm³/mol. The number of aryl methyl sites for hydroxylation is 1.